The van der Waals surface area contributed by atoms with Crippen LogP contribution in [0.2, 0.25) is 0 Å². The molecule has 25 heavy (non-hydrogen) atoms. The number of piperidine rings is 1. The molecule has 0 saturated carbocycles. The van der Waals surface area contributed by atoms with E-state index in [1.54, 1.807) is 11.3 Å². The van der Waals surface area contributed by atoms with Gasteiger partial charge in [0.1, 0.15) is 0 Å². The third-order valence-corrected chi connectivity index (χ3v) is 6.36. The molecule has 0 amide bonds. The summed E-state index contributed by atoms with van der Waals surface area (Å²) in [5, 5.41) is 1.11. The first kappa shape index (κ1) is 18.8. The van der Waals surface area contributed by atoms with Crippen LogP contribution in [0, 0.1) is 12.3 Å². The minimum absolute atomic E-state index is 0.0162. The molecule has 2 fully saturated rings. The van der Waals surface area contributed by atoms with E-state index in [0.717, 1.165) is 63.4 Å². The van der Waals surface area contributed by atoms with Crippen LogP contribution in [0.25, 0.3) is 0 Å². The second-order valence-corrected chi connectivity index (χ2v) is 8.63. The van der Waals surface area contributed by atoms with Crippen molar-refractivity contribution in [1.82, 2.24) is 9.88 Å². The number of rotatable bonds is 6. The molecule has 0 aliphatic carbocycles. The van der Waals surface area contributed by atoms with Gasteiger partial charge in [-0.15, -0.1) is 11.3 Å². The van der Waals surface area contributed by atoms with E-state index in [9.17, 15) is 4.79 Å². The van der Waals surface area contributed by atoms with Crippen LogP contribution in [0.15, 0.2) is 6.20 Å². The van der Waals surface area contributed by atoms with Crippen molar-refractivity contribution in [1.29, 1.82) is 0 Å². The Morgan fingerprint density at radius 1 is 1.44 bits per heavy atom. The number of aromatic nitrogens is 1. The van der Waals surface area contributed by atoms with Gasteiger partial charge in [0.15, 0.2) is 0 Å². The summed E-state index contributed by atoms with van der Waals surface area (Å²) in [6, 6.07) is 0. The lowest BCUT2D eigenvalue weighted by atomic mass is 9.73. The molecular formula is C19H30N2O3S. The molecule has 1 aromatic rings. The Hall–Kier alpha value is -0.980. The first-order valence-corrected chi connectivity index (χ1v) is 10.4. The summed E-state index contributed by atoms with van der Waals surface area (Å²) < 4.78 is 11.4. The number of hydrogen-bond acceptors (Lipinski definition) is 6. The lowest BCUT2D eigenvalue weighted by Crippen LogP contribution is -2.47. The average Bonchev–Trinajstić information content (AvgIpc) is 3.03. The number of nitrogens with zero attached hydrogens (tertiary/aromatic N) is 2. The van der Waals surface area contributed by atoms with Gasteiger partial charge < -0.3 is 9.47 Å². The number of aryl methyl sites for hydroxylation is 1. The van der Waals surface area contributed by atoms with E-state index in [1.807, 2.05) is 20.0 Å². The van der Waals surface area contributed by atoms with Crippen molar-refractivity contribution in [2.75, 3.05) is 26.3 Å². The molecule has 2 aliphatic rings. The third-order valence-electron chi connectivity index (χ3n) is 5.46. The van der Waals surface area contributed by atoms with Gasteiger partial charge in [-0.25, -0.2) is 4.98 Å². The molecule has 0 bridgehead atoms. The fourth-order valence-corrected chi connectivity index (χ4v) is 4.86. The second kappa shape index (κ2) is 8.60. The number of thiazole rings is 1. The zero-order valence-electron chi connectivity index (χ0n) is 15.5. The van der Waals surface area contributed by atoms with Gasteiger partial charge in [-0.3, -0.25) is 9.69 Å². The maximum absolute atomic E-state index is 12.8. The third kappa shape index (κ3) is 4.80. The number of ether oxygens (including phenoxy) is 2. The second-order valence-electron chi connectivity index (χ2n) is 7.32. The molecule has 1 atom stereocenters. The summed E-state index contributed by atoms with van der Waals surface area (Å²) in [4.78, 5) is 20.8. The maximum atomic E-state index is 12.8. The van der Waals surface area contributed by atoms with Crippen molar-refractivity contribution in [3.63, 3.8) is 0 Å². The van der Waals surface area contributed by atoms with Crippen LogP contribution >= 0.6 is 11.3 Å². The molecule has 0 spiro atoms. The quantitative estimate of drug-likeness (QED) is 0.721. The van der Waals surface area contributed by atoms with Crippen molar-refractivity contribution < 1.29 is 14.3 Å². The number of likely N-dealkylation sites (tertiary alicyclic amines) is 1. The Labute approximate surface area is 154 Å². The largest absolute Gasteiger partial charge is 0.466 e. The van der Waals surface area contributed by atoms with Crippen LogP contribution in [0.4, 0.5) is 0 Å². The Morgan fingerprint density at radius 2 is 2.24 bits per heavy atom. The first-order valence-electron chi connectivity index (χ1n) is 9.54. The summed E-state index contributed by atoms with van der Waals surface area (Å²) >= 11 is 1.76. The molecule has 3 rings (SSSR count). The fourth-order valence-electron chi connectivity index (χ4n) is 4.02. The van der Waals surface area contributed by atoms with E-state index >= 15 is 0 Å². The number of esters is 1. The first-order chi connectivity index (χ1) is 12.1. The highest BCUT2D eigenvalue weighted by atomic mass is 32.1. The van der Waals surface area contributed by atoms with Crippen LogP contribution in [-0.2, 0) is 20.8 Å². The molecule has 2 aliphatic heterocycles. The minimum atomic E-state index is -0.363. The van der Waals surface area contributed by atoms with Crippen molar-refractivity contribution in [2.45, 2.75) is 65.0 Å². The highest BCUT2D eigenvalue weighted by Gasteiger charge is 2.44. The molecular weight excluding hydrogens is 336 g/mol. The van der Waals surface area contributed by atoms with Crippen LogP contribution in [0.5, 0.6) is 0 Å². The van der Waals surface area contributed by atoms with E-state index in [-0.39, 0.29) is 17.5 Å². The number of carbonyl (C=O) groups excluding carboxylic acids is 1. The lowest BCUT2D eigenvalue weighted by Gasteiger charge is -2.42. The molecule has 1 aromatic heterocycles. The normalized spacial score (nSPS) is 24.2. The smallest absolute Gasteiger partial charge is 0.312 e. The van der Waals surface area contributed by atoms with E-state index in [2.05, 4.69) is 9.88 Å². The van der Waals surface area contributed by atoms with Crippen LogP contribution in [-0.4, -0.2) is 48.3 Å². The Balaban J connectivity index is 1.61. The van der Waals surface area contributed by atoms with Crippen molar-refractivity contribution in [3.05, 3.63) is 16.1 Å². The molecule has 0 N–H and O–H groups in total. The predicted octanol–water partition coefficient (Wildman–Crippen LogP) is 3.56. The molecule has 0 unspecified atom stereocenters. The highest BCUT2D eigenvalue weighted by Crippen LogP contribution is 2.40. The standard InChI is InChI=1S/C19H30N2O3S/c1-3-23-18(22)19(12-16-6-4-5-11-24-16)7-9-21(10-8-19)14-17-13-20-15(2)25-17/h13,16H,3-12,14H2,1-2H3/t16-/m1/s1. The molecule has 140 valence electrons. The molecule has 3 heterocycles. The number of hydrogen-bond donors (Lipinski definition) is 0. The predicted molar refractivity (Wildman–Crippen MR) is 98.6 cm³/mol. The van der Waals surface area contributed by atoms with Gasteiger partial charge in [0.2, 0.25) is 0 Å². The molecule has 0 aromatic carbocycles. The minimum Gasteiger partial charge on any atom is -0.466 e. The molecule has 2 saturated heterocycles. The maximum Gasteiger partial charge on any atom is 0.312 e. The summed E-state index contributed by atoms with van der Waals surface area (Å²) in [6.45, 7) is 8.02. The zero-order chi connectivity index (χ0) is 17.7. The molecule has 6 heteroatoms. The van der Waals surface area contributed by atoms with Gasteiger partial charge in [-0.2, -0.15) is 0 Å². The van der Waals surface area contributed by atoms with E-state index in [0.29, 0.717) is 6.61 Å². The van der Waals surface area contributed by atoms with Crippen molar-refractivity contribution >= 4 is 17.3 Å². The topological polar surface area (TPSA) is 51.7 Å². The van der Waals surface area contributed by atoms with Crippen LogP contribution in [0.1, 0.15) is 55.3 Å². The number of carbonyl (C=O) groups is 1. The zero-order valence-corrected chi connectivity index (χ0v) is 16.3. The Kier molecular flexibility index (Phi) is 6.47. The monoisotopic (exact) mass is 366 g/mol. The SMILES string of the molecule is CCOC(=O)C1(C[C@H]2CCCCO2)CCN(Cc2cnc(C)s2)CC1. The van der Waals surface area contributed by atoms with E-state index < -0.39 is 0 Å². The van der Waals surface area contributed by atoms with Crippen LogP contribution in [0.3, 0.4) is 0 Å². The summed E-state index contributed by atoms with van der Waals surface area (Å²) in [5.41, 5.74) is -0.363. The van der Waals surface area contributed by atoms with Gasteiger partial charge in [-0.05, 0) is 65.5 Å². The van der Waals surface area contributed by atoms with Gasteiger partial charge >= 0.3 is 5.97 Å². The lowest BCUT2D eigenvalue weighted by molar-refractivity contribution is -0.162. The van der Waals surface area contributed by atoms with E-state index in [1.165, 1.54) is 11.3 Å². The Bertz CT molecular complexity index is 561. The van der Waals surface area contributed by atoms with E-state index in [4.69, 9.17) is 9.47 Å². The summed E-state index contributed by atoms with van der Waals surface area (Å²) in [7, 11) is 0. The fraction of sp³-hybridized carbons (Fsp3) is 0.789. The van der Waals surface area contributed by atoms with Crippen LogP contribution < -0.4 is 0 Å². The van der Waals surface area contributed by atoms with Gasteiger partial charge in [0.25, 0.3) is 0 Å². The van der Waals surface area contributed by atoms with Crippen molar-refractivity contribution in [2.24, 2.45) is 5.41 Å². The van der Waals surface area contributed by atoms with Gasteiger partial charge in [-0.1, -0.05) is 0 Å². The van der Waals surface area contributed by atoms with Gasteiger partial charge in [0, 0.05) is 24.2 Å². The molecule has 5 nitrogen and oxygen atoms in total. The Morgan fingerprint density at radius 3 is 2.84 bits per heavy atom. The van der Waals surface area contributed by atoms with Crippen molar-refractivity contribution in [3.8, 4) is 0 Å². The summed E-state index contributed by atoms with van der Waals surface area (Å²) in [6.07, 6.45) is 8.17. The summed E-state index contributed by atoms with van der Waals surface area (Å²) in [5.74, 6) is -0.0162. The average molecular weight is 367 g/mol. The van der Waals surface area contributed by atoms with Gasteiger partial charge in [0.05, 0.1) is 23.1 Å². The highest BCUT2D eigenvalue weighted by molar-refractivity contribution is 7.11. The molecule has 0 radical (unpaired) electrons.